The fraction of sp³-hybridized carbons (Fsp3) is 0.625. The zero-order valence-electron chi connectivity index (χ0n) is 15.1. The molecular formula is C16H26N6O2. The van der Waals surface area contributed by atoms with Gasteiger partial charge < -0.3 is 9.84 Å². The van der Waals surface area contributed by atoms with Gasteiger partial charge in [0.15, 0.2) is 5.82 Å². The lowest BCUT2D eigenvalue weighted by Crippen LogP contribution is -2.44. The summed E-state index contributed by atoms with van der Waals surface area (Å²) < 4.78 is 6.97. The molecule has 1 atom stereocenters. The molecule has 0 aromatic carbocycles. The first kappa shape index (κ1) is 18.0. The van der Waals surface area contributed by atoms with E-state index in [0.717, 1.165) is 6.42 Å². The summed E-state index contributed by atoms with van der Waals surface area (Å²) in [5.41, 5.74) is -0.778. The van der Waals surface area contributed by atoms with Gasteiger partial charge in [-0.1, -0.05) is 19.0 Å². The molecule has 0 aliphatic rings. The summed E-state index contributed by atoms with van der Waals surface area (Å²) in [5, 5.41) is 13.8. The van der Waals surface area contributed by atoms with Crippen LogP contribution in [0.3, 0.4) is 0 Å². The van der Waals surface area contributed by atoms with E-state index in [-0.39, 0.29) is 12.1 Å². The first-order valence-electron chi connectivity index (χ1n) is 8.12. The average Bonchev–Trinajstić information content (AvgIpc) is 3.06. The highest BCUT2D eigenvalue weighted by Crippen LogP contribution is 2.21. The molecule has 2 rings (SSSR count). The van der Waals surface area contributed by atoms with Gasteiger partial charge in [0.2, 0.25) is 0 Å². The van der Waals surface area contributed by atoms with Gasteiger partial charge in [0.25, 0.3) is 5.89 Å². The lowest BCUT2D eigenvalue weighted by Gasteiger charge is -2.23. The Morgan fingerprint density at radius 2 is 2.08 bits per heavy atom. The van der Waals surface area contributed by atoms with Gasteiger partial charge in [-0.3, -0.25) is 5.32 Å². The highest BCUT2D eigenvalue weighted by atomic mass is 16.5. The molecule has 2 amide bonds. The fourth-order valence-electron chi connectivity index (χ4n) is 2.58. The van der Waals surface area contributed by atoms with Gasteiger partial charge >= 0.3 is 6.03 Å². The summed E-state index contributed by atoms with van der Waals surface area (Å²) in [6, 6.07) is 1.62. The van der Waals surface area contributed by atoms with E-state index in [1.807, 2.05) is 4.68 Å². The number of urea groups is 1. The van der Waals surface area contributed by atoms with Gasteiger partial charge in [0.05, 0.1) is 12.2 Å². The largest absolute Gasteiger partial charge is 0.337 e. The molecule has 0 aliphatic heterocycles. The summed E-state index contributed by atoms with van der Waals surface area (Å²) in [4.78, 5) is 16.5. The first-order valence-corrected chi connectivity index (χ1v) is 8.12. The summed E-state index contributed by atoms with van der Waals surface area (Å²) in [5.74, 6) is 2.08. The Morgan fingerprint density at radius 3 is 2.67 bits per heavy atom. The fourth-order valence-corrected chi connectivity index (χ4v) is 2.58. The minimum Gasteiger partial charge on any atom is -0.337 e. The third-order valence-electron chi connectivity index (χ3n) is 3.63. The number of anilines is 1. The second-order valence-corrected chi connectivity index (χ2v) is 6.99. The number of nitrogens with one attached hydrogen (secondary N) is 2. The minimum atomic E-state index is -0.778. The predicted molar refractivity (Wildman–Crippen MR) is 90.6 cm³/mol. The maximum absolute atomic E-state index is 12.4. The van der Waals surface area contributed by atoms with E-state index in [1.54, 1.807) is 33.0 Å². The molecule has 2 heterocycles. The quantitative estimate of drug-likeness (QED) is 0.845. The van der Waals surface area contributed by atoms with Crippen molar-refractivity contribution in [3.05, 3.63) is 24.0 Å². The number of amides is 2. The van der Waals surface area contributed by atoms with Crippen molar-refractivity contribution in [2.45, 2.75) is 59.5 Å². The number of aromatic nitrogens is 4. The lowest BCUT2D eigenvalue weighted by molar-refractivity contribution is 0.228. The van der Waals surface area contributed by atoms with Gasteiger partial charge in [0, 0.05) is 6.07 Å². The standard InChI is InChI=1S/C16H26N6O2/c1-10(2)9-11(3)22-13(7-8-17-22)19-15(23)20-16(5,6)14-18-12(4)21-24-14/h7-8,10-11H,9H2,1-6H3,(H2,19,20,23)/t11-/m0/s1. The summed E-state index contributed by atoms with van der Waals surface area (Å²) >= 11 is 0. The molecule has 24 heavy (non-hydrogen) atoms. The third kappa shape index (κ3) is 4.33. The highest BCUT2D eigenvalue weighted by Gasteiger charge is 2.29. The van der Waals surface area contributed by atoms with Crippen LogP contribution < -0.4 is 10.6 Å². The van der Waals surface area contributed by atoms with E-state index in [9.17, 15) is 4.79 Å². The Bertz CT molecular complexity index is 688. The van der Waals surface area contributed by atoms with Crippen molar-refractivity contribution in [1.29, 1.82) is 0 Å². The Morgan fingerprint density at radius 1 is 1.38 bits per heavy atom. The van der Waals surface area contributed by atoms with E-state index >= 15 is 0 Å². The van der Waals surface area contributed by atoms with E-state index in [1.165, 1.54) is 0 Å². The SMILES string of the molecule is Cc1noc(C(C)(C)NC(=O)Nc2ccnn2[C@@H](C)CC(C)C)n1. The second kappa shape index (κ2) is 7.02. The normalized spacial score (nSPS) is 13.1. The van der Waals surface area contributed by atoms with Crippen molar-refractivity contribution in [3.63, 3.8) is 0 Å². The molecule has 0 saturated heterocycles. The van der Waals surface area contributed by atoms with Crippen LogP contribution in [0.2, 0.25) is 0 Å². The summed E-state index contributed by atoms with van der Waals surface area (Å²) in [7, 11) is 0. The van der Waals surface area contributed by atoms with Crippen LogP contribution in [0, 0.1) is 12.8 Å². The van der Waals surface area contributed by atoms with Crippen LogP contribution in [0.1, 0.15) is 58.8 Å². The van der Waals surface area contributed by atoms with Crippen LogP contribution in [0.5, 0.6) is 0 Å². The molecule has 132 valence electrons. The van der Waals surface area contributed by atoms with E-state index < -0.39 is 5.54 Å². The van der Waals surface area contributed by atoms with Crippen molar-refractivity contribution < 1.29 is 9.32 Å². The zero-order valence-corrected chi connectivity index (χ0v) is 15.1. The van der Waals surface area contributed by atoms with Gasteiger partial charge in [-0.15, -0.1) is 0 Å². The van der Waals surface area contributed by atoms with E-state index in [4.69, 9.17) is 4.52 Å². The van der Waals surface area contributed by atoms with Crippen LogP contribution in [0.4, 0.5) is 10.6 Å². The topological polar surface area (TPSA) is 97.9 Å². The Labute approximate surface area is 142 Å². The Kier molecular flexibility index (Phi) is 5.26. The molecule has 8 nitrogen and oxygen atoms in total. The Balaban J connectivity index is 2.04. The molecule has 0 unspecified atom stereocenters. The van der Waals surface area contributed by atoms with Crippen molar-refractivity contribution in [2.24, 2.45) is 5.92 Å². The number of hydrogen-bond donors (Lipinski definition) is 2. The maximum Gasteiger partial charge on any atom is 0.321 e. The zero-order chi connectivity index (χ0) is 17.9. The summed E-state index contributed by atoms with van der Waals surface area (Å²) in [6.45, 7) is 11.7. The molecule has 0 saturated carbocycles. The molecule has 0 fully saturated rings. The van der Waals surface area contributed by atoms with Gasteiger partial charge in [-0.25, -0.2) is 9.48 Å². The van der Waals surface area contributed by atoms with Crippen molar-refractivity contribution in [3.8, 4) is 0 Å². The second-order valence-electron chi connectivity index (χ2n) is 6.99. The highest BCUT2D eigenvalue weighted by molar-refractivity contribution is 5.88. The molecule has 0 bridgehead atoms. The average molecular weight is 334 g/mol. The smallest absolute Gasteiger partial charge is 0.321 e. The molecule has 2 N–H and O–H groups in total. The molecular weight excluding hydrogens is 308 g/mol. The maximum atomic E-state index is 12.4. The monoisotopic (exact) mass is 334 g/mol. The number of carbonyl (C=O) groups is 1. The van der Waals surface area contributed by atoms with Crippen molar-refractivity contribution in [1.82, 2.24) is 25.2 Å². The number of rotatable bonds is 6. The van der Waals surface area contributed by atoms with E-state index in [2.05, 4.69) is 46.6 Å². The molecule has 0 radical (unpaired) electrons. The molecule has 2 aromatic heterocycles. The number of aryl methyl sites for hydroxylation is 1. The van der Waals surface area contributed by atoms with Crippen LogP contribution >= 0.6 is 0 Å². The Hall–Kier alpha value is -2.38. The van der Waals surface area contributed by atoms with E-state index in [0.29, 0.717) is 23.5 Å². The van der Waals surface area contributed by atoms with Gasteiger partial charge in [-0.05, 0) is 40.0 Å². The molecule has 8 heteroatoms. The molecule has 0 spiro atoms. The van der Waals surface area contributed by atoms with Crippen LogP contribution in [0.15, 0.2) is 16.8 Å². The lowest BCUT2D eigenvalue weighted by atomic mass is 10.1. The third-order valence-corrected chi connectivity index (χ3v) is 3.63. The number of carbonyl (C=O) groups excluding carboxylic acids is 1. The first-order chi connectivity index (χ1) is 11.2. The van der Waals surface area contributed by atoms with Crippen LogP contribution in [-0.4, -0.2) is 26.0 Å². The predicted octanol–water partition coefficient (Wildman–Crippen LogP) is 3.24. The van der Waals surface area contributed by atoms with Gasteiger partial charge in [0.1, 0.15) is 11.4 Å². The number of nitrogens with zero attached hydrogens (tertiary/aromatic N) is 4. The van der Waals surface area contributed by atoms with Gasteiger partial charge in [-0.2, -0.15) is 10.1 Å². The molecule has 0 aliphatic carbocycles. The summed E-state index contributed by atoms with van der Waals surface area (Å²) in [6.07, 6.45) is 2.66. The molecule has 2 aromatic rings. The number of hydrogen-bond acceptors (Lipinski definition) is 5. The minimum absolute atomic E-state index is 0.196. The van der Waals surface area contributed by atoms with Crippen LogP contribution in [-0.2, 0) is 5.54 Å². The van der Waals surface area contributed by atoms with Crippen molar-refractivity contribution >= 4 is 11.8 Å². The van der Waals surface area contributed by atoms with Crippen LogP contribution in [0.25, 0.3) is 0 Å². The van der Waals surface area contributed by atoms with Crippen molar-refractivity contribution in [2.75, 3.05) is 5.32 Å².